The van der Waals surface area contributed by atoms with Gasteiger partial charge in [0.05, 0.1) is 19.3 Å². The van der Waals surface area contributed by atoms with Crippen molar-refractivity contribution in [2.24, 2.45) is 0 Å². The van der Waals surface area contributed by atoms with Gasteiger partial charge in [0, 0.05) is 25.3 Å². The maximum atomic E-state index is 12.2. The molecule has 0 amide bonds. The van der Waals surface area contributed by atoms with Gasteiger partial charge < -0.3 is 19.7 Å². The quantitative estimate of drug-likeness (QED) is 0.643. The molecule has 1 aromatic carbocycles. The maximum absolute atomic E-state index is 12.2. The molecule has 0 radical (unpaired) electrons. The standard InChI is InChI=1S/C21H25N5O3/c1-3-28-21(27)17-13-23-26-18(22-2)12-19(24-20(17)26)29-16-10-7-11-25(14-16)15-8-5-4-6-9-15/h4-6,8-9,12-13,16,22H,3,7,10-11,14H2,1-2H3. The number of hydrogen-bond donors (Lipinski definition) is 1. The molecule has 152 valence electrons. The number of nitrogens with zero attached hydrogens (tertiary/aromatic N) is 4. The average Bonchev–Trinajstić information content (AvgIpc) is 3.18. The van der Waals surface area contributed by atoms with Crippen molar-refractivity contribution in [1.82, 2.24) is 14.6 Å². The van der Waals surface area contributed by atoms with E-state index in [9.17, 15) is 4.79 Å². The third-order valence-corrected chi connectivity index (χ3v) is 4.99. The number of piperidine rings is 1. The van der Waals surface area contributed by atoms with Crippen molar-refractivity contribution in [2.75, 3.05) is 37.0 Å². The van der Waals surface area contributed by atoms with Gasteiger partial charge in [0.25, 0.3) is 0 Å². The van der Waals surface area contributed by atoms with Crippen LogP contribution >= 0.6 is 0 Å². The Bertz CT molecular complexity index is 989. The third-order valence-electron chi connectivity index (χ3n) is 4.99. The minimum absolute atomic E-state index is 0.0116. The second kappa shape index (κ2) is 8.38. The molecule has 3 aromatic rings. The highest BCUT2D eigenvalue weighted by molar-refractivity contribution is 5.96. The van der Waals surface area contributed by atoms with Gasteiger partial charge in [-0.1, -0.05) is 18.2 Å². The van der Waals surface area contributed by atoms with E-state index in [0.717, 1.165) is 25.9 Å². The van der Waals surface area contributed by atoms with Gasteiger partial charge in [0.15, 0.2) is 5.65 Å². The lowest BCUT2D eigenvalue weighted by Crippen LogP contribution is -2.41. The fourth-order valence-corrected chi connectivity index (χ4v) is 3.61. The largest absolute Gasteiger partial charge is 0.472 e. The highest BCUT2D eigenvalue weighted by Gasteiger charge is 2.24. The molecular weight excluding hydrogens is 370 g/mol. The van der Waals surface area contributed by atoms with Crippen LogP contribution in [0.5, 0.6) is 5.88 Å². The van der Waals surface area contributed by atoms with Crippen molar-refractivity contribution in [3.8, 4) is 5.88 Å². The number of aromatic nitrogens is 3. The normalized spacial score (nSPS) is 16.6. The van der Waals surface area contributed by atoms with Crippen LogP contribution in [0.1, 0.15) is 30.1 Å². The van der Waals surface area contributed by atoms with Crippen LogP contribution in [0.4, 0.5) is 11.5 Å². The van der Waals surface area contributed by atoms with Gasteiger partial charge in [-0.05, 0) is 31.9 Å². The molecule has 0 bridgehead atoms. The number of esters is 1. The van der Waals surface area contributed by atoms with Gasteiger partial charge in [0.2, 0.25) is 5.88 Å². The zero-order valence-corrected chi connectivity index (χ0v) is 16.7. The smallest absolute Gasteiger partial charge is 0.343 e. The molecule has 2 aromatic heterocycles. The highest BCUT2D eigenvalue weighted by atomic mass is 16.5. The summed E-state index contributed by atoms with van der Waals surface area (Å²) in [6.07, 6.45) is 3.48. The molecule has 29 heavy (non-hydrogen) atoms. The molecule has 8 heteroatoms. The zero-order chi connectivity index (χ0) is 20.2. The third kappa shape index (κ3) is 3.96. The van der Waals surface area contributed by atoms with E-state index in [-0.39, 0.29) is 6.10 Å². The fraction of sp³-hybridized carbons (Fsp3) is 0.381. The first kappa shape index (κ1) is 19.0. The molecule has 8 nitrogen and oxygen atoms in total. The van der Waals surface area contributed by atoms with Crippen LogP contribution in [0.15, 0.2) is 42.6 Å². The molecular formula is C21H25N5O3. The molecule has 1 atom stereocenters. The molecule has 3 heterocycles. The van der Waals surface area contributed by atoms with Crippen molar-refractivity contribution in [2.45, 2.75) is 25.9 Å². The van der Waals surface area contributed by atoms with Gasteiger partial charge >= 0.3 is 5.97 Å². The Morgan fingerprint density at radius 1 is 1.31 bits per heavy atom. The number of anilines is 2. The number of rotatable bonds is 6. The Kier molecular flexibility index (Phi) is 5.50. The molecule has 1 aliphatic heterocycles. The number of carbonyl (C=O) groups excluding carboxylic acids is 1. The van der Waals surface area contributed by atoms with E-state index in [1.165, 1.54) is 11.9 Å². The van der Waals surface area contributed by atoms with Crippen LogP contribution in [0, 0.1) is 0 Å². The van der Waals surface area contributed by atoms with Gasteiger partial charge in [-0.25, -0.2) is 4.79 Å². The van der Waals surface area contributed by atoms with E-state index in [4.69, 9.17) is 9.47 Å². The number of benzene rings is 1. The van der Waals surface area contributed by atoms with Gasteiger partial charge in [-0.3, -0.25) is 0 Å². The first-order valence-electron chi connectivity index (χ1n) is 9.90. The number of hydrogen-bond acceptors (Lipinski definition) is 7. The van der Waals surface area contributed by atoms with E-state index < -0.39 is 5.97 Å². The van der Waals surface area contributed by atoms with Crippen molar-refractivity contribution in [3.63, 3.8) is 0 Å². The molecule has 0 spiro atoms. The van der Waals surface area contributed by atoms with Crippen molar-refractivity contribution in [3.05, 3.63) is 48.2 Å². The summed E-state index contributed by atoms with van der Waals surface area (Å²) in [6, 6.07) is 12.1. The summed E-state index contributed by atoms with van der Waals surface area (Å²) < 4.78 is 12.9. The van der Waals surface area contributed by atoms with Crippen LogP contribution in [0.3, 0.4) is 0 Å². The molecule has 1 unspecified atom stereocenters. The summed E-state index contributed by atoms with van der Waals surface area (Å²) in [5.41, 5.74) is 1.94. The first-order valence-corrected chi connectivity index (χ1v) is 9.90. The van der Waals surface area contributed by atoms with E-state index in [1.807, 2.05) is 18.2 Å². The topological polar surface area (TPSA) is 81.0 Å². The average molecular weight is 395 g/mol. The van der Waals surface area contributed by atoms with Crippen LogP contribution in [0.2, 0.25) is 0 Å². The molecule has 1 fully saturated rings. The summed E-state index contributed by atoms with van der Waals surface area (Å²) in [5.74, 6) is 0.714. The van der Waals surface area contributed by atoms with Gasteiger partial charge in [-0.15, -0.1) is 0 Å². The molecule has 1 aliphatic rings. The highest BCUT2D eigenvalue weighted by Crippen LogP contribution is 2.25. The van der Waals surface area contributed by atoms with Crippen molar-refractivity contribution in [1.29, 1.82) is 0 Å². The van der Waals surface area contributed by atoms with E-state index in [2.05, 4.69) is 32.4 Å². The number of fused-ring (bicyclic) bond motifs is 1. The first-order chi connectivity index (χ1) is 14.2. The Hall–Kier alpha value is -3.29. The summed E-state index contributed by atoms with van der Waals surface area (Å²) in [7, 11) is 1.79. The maximum Gasteiger partial charge on any atom is 0.343 e. The number of para-hydroxylation sites is 1. The van der Waals surface area contributed by atoms with Crippen LogP contribution < -0.4 is 15.0 Å². The molecule has 0 saturated carbocycles. The predicted molar refractivity (Wildman–Crippen MR) is 111 cm³/mol. The summed E-state index contributed by atoms with van der Waals surface area (Å²) in [4.78, 5) is 19.1. The minimum atomic E-state index is -0.442. The number of ether oxygens (including phenoxy) is 2. The summed E-state index contributed by atoms with van der Waals surface area (Å²) in [5, 5.41) is 7.34. The zero-order valence-electron chi connectivity index (χ0n) is 16.7. The number of nitrogens with one attached hydrogen (secondary N) is 1. The Labute approximate surface area is 169 Å². The lowest BCUT2D eigenvalue weighted by atomic mass is 10.1. The van der Waals surface area contributed by atoms with Crippen LogP contribution in [-0.2, 0) is 4.74 Å². The van der Waals surface area contributed by atoms with E-state index in [0.29, 0.717) is 29.5 Å². The molecule has 1 saturated heterocycles. The summed E-state index contributed by atoms with van der Waals surface area (Å²) >= 11 is 0. The minimum Gasteiger partial charge on any atom is -0.472 e. The Morgan fingerprint density at radius 3 is 2.90 bits per heavy atom. The predicted octanol–water partition coefficient (Wildman–Crippen LogP) is 3.00. The van der Waals surface area contributed by atoms with Gasteiger partial charge in [-0.2, -0.15) is 14.6 Å². The molecule has 4 rings (SSSR count). The van der Waals surface area contributed by atoms with E-state index in [1.54, 1.807) is 24.6 Å². The SMILES string of the molecule is CCOC(=O)c1cnn2c(NC)cc(OC3CCCN(c4ccccc4)C3)nc12. The number of carbonyl (C=O) groups is 1. The molecule has 0 aliphatic carbocycles. The lowest BCUT2D eigenvalue weighted by molar-refractivity contribution is 0.0528. The van der Waals surface area contributed by atoms with Crippen LogP contribution in [-0.4, -0.2) is 53.4 Å². The Morgan fingerprint density at radius 2 is 2.14 bits per heavy atom. The summed E-state index contributed by atoms with van der Waals surface area (Å²) in [6.45, 7) is 3.86. The van der Waals surface area contributed by atoms with Gasteiger partial charge in [0.1, 0.15) is 17.5 Å². The van der Waals surface area contributed by atoms with Crippen LogP contribution in [0.25, 0.3) is 5.65 Å². The Balaban J connectivity index is 1.58. The second-order valence-electron chi connectivity index (χ2n) is 6.91. The molecule has 1 N–H and O–H groups in total. The monoisotopic (exact) mass is 395 g/mol. The van der Waals surface area contributed by atoms with Crippen molar-refractivity contribution < 1.29 is 14.3 Å². The fourth-order valence-electron chi connectivity index (χ4n) is 3.61. The van der Waals surface area contributed by atoms with E-state index >= 15 is 0 Å². The second-order valence-corrected chi connectivity index (χ2v) is 6.91. The van der Waals surface area contributed by atoms with Crippen molar-refractivity contribution >= 4 is 23.1 Å². The lowest BCUT2D eigenvalue weighted by Gasteiger charge is -2.34.